The van der Waals surface area contributed by atoms with Gasteiger partial charge in [-0.05, 0) is 57.0 Å². The number of carboxylic acid groups (broad SMARTS) is 1. The van der Waals surface area contributed by atoms with Gasteiger partial charge in [-0.25, -0.2) is 9.78 Å². The van der Waals surface area contributed by atoms with Gasteiger partial charge in [0.25, 0.3) is 0 Å². The fourth-order valence-corrected chi connectivity index (χ4v) is 3.59. The summed E-state index contributed by atoms with van der Waals surface area (Å²) < 4.78 is 7.62. The molecule has 1 fully saturated rings. The summed E-state index contributed by atoms with van der Waals surface area (Å²) in [5.74, 6) is 1.32. The molecule has 1 aliphatic rings. The fraction of sp³-hybridized carbons (Fsp3) is 0.474. The van der Waals surface area contributed by atoms with Crippen molar-refractivity contribution in [2.24, 2.45) is 5.92 Å². The number of rotatable bonds is 7. The Balaban J connectivity index is 1.56. The van der Waals surface area contributed by atoms with E-state index in [0.717, 1.165) is 43.9 Å². The van der Waals surface area contributed by atoms with Gasteiger partial charge in [0.15, 0.2) is 6.61 Å². The Labute approximate surface area is 158 Å². The van der Waals surface area contributed by atoms with Crippen molar-refractivity contribution in [3.63, 3.8) is 0 Å². The minimum Gasteiger partial charge on any atom is -0.482 e. The third-order valence-corrected chi connectivity index (χ3v) is 5.09. The molecule has 0 atom stereocenters. The summed E-state index contributed by atoms with van der Waals surface area (Å²) in [4.78, 5) is 17.4. The van der Waals surface area contributed by atoms with Crippen LogP contribution in [0.1, 0.15) is 24.2 Å². The number of hydrogen-bond donors (Lipinski definition) is 1. The normalized spacial score (nSPS) is 15.9. The first-order chi connectivity index (χ1) is 12.5. The van der Waals surface area contributed by atoms with Crippen molar-refractivity contribution >= 4 is 17.6 Å². The molecule has 1 aromatic carbocycles. The molecule has 1 saturated heterocycles. The van der Waals surface area contributed by atoms with Crippen LogP contribution < -0.4 is 4.74 Å². The zero-order valence-corrected chi connectivity index (χ0v) is 15.7. The van der Waals surface area contributed by atoms with Crippen LogP contribution in [-0.4, -0.2) is 45.2 Å². The van der Waals surface area contributed by atoms with E-state index in [-0.39, 0.29) is 6.61 Å². The van der Waals surface area contributed by atoms with E-state index in [0.29, 0.717) is 23.2 Å². The van der Waals surface area contributed by atoms with E-state index in [4.69, 9.17) is 21.4 Å². The van der Waals surface area contributed by atoms with Crippen LogP contribution in [-0.2, 0) is 17.9 Å². The molecule has 0 aliphatic carbocycles. The van der Waals surface area contributed by atoms with Crippen molar-refractivity contribution in [2.45, 2.75) is 32.9 Å². The van der Waals surface area contributed by atoms with Crippen LogP contribution in [0.15, 0.2) is 30.6 Å². The molecule has 0 radical (unpaired) electrons. The third kappa shape index (κ3) is 4.99. The summed E-state index contributed by atoms with van der Waals surface area (Å²) in [6.07, 6.45) is 6.15. The van der Waals surface area contributed by atoms with E-state index in [1.54, 1.807) is 12.1 Å². The molecule has 2 heterocycles. The first-order valence-corrected chi connectivity index (χ1v) is 9.22. The second-order valence-corrected chi connectivity index (χ2v) is 7.22. The molecule has 0 bridgehead atoms. The minimum absolute atomic E-state index is 0.346. The van der Waals surface area contributed by atoms with Crippen molar-refractivity contribution in [1.29, 1.82) is 0 Å². The van der Waals surface area contributed by atoms with Gasteiger partial charge in [0, 0.05) is 36.1 Å². The van der Waals surface area contributed by atoms with Crippen LogP contribution in [0, 0.1) is 12.8 Å². The van der Waals surface area contributed by atoms with E-state index in [2.05, 4.69) is 14.5 Å². The number of hydrogen-bond acceptors (Lipinski definition) is 4. The molecule has 1 aromatic heterocycles. The number of benzene rings is 1. The van der Waals surface area contributed by atoms with Gasteiger partial charge in [-0.15, -0.1) is 0 Å². The van der Waals surface area contributed by atoms with E-state index in [1.165, 1.54) is 0 Å². The van der Waals surface area contributed by atoms with Crippen LogP contribution in [0.5, 0.6) is 5.75 Å². The second kappa shape index (κ2) is 8.56. The summed E-state index contributed by atoms with van der Waals surface area (Å²) in [7, 11) is 0. The summed E-state index contributed by atoms with van der Waals surface area (Å²) >= 11 is 6.12. The highest BCUT2D eigenvalue weighted by atomic mass is 35.5. The highest BCUT2D eigenvalue weighted by molar-refractivity contribution is 6.30. The lowest BCUT2D eigenvalue weighted by molar-refractivity contribution is -0.139. The molecule has 0 amide bonds. The Morgan fingerprint density at radius 2 is 2.15 bits per heavy atom. The summed E-state index contributed by atoms with van der Waals surface area (Å²) in [6, 6.07) is 5.33. The first-order valence-electron chi connectivity index (χ1n) is 8.84. The molecule has 140 valence electrons. The van der Waals surface area contributed by atoms with E-state index < -0.39 is 5.97 Å². The molecule has 2 aromatic rings. The number of piperidine rings is 1. The van der Waals surface area contributed by atoms with Gasteiger partial charge in [0.1, 0.15) is 11.6 Å². The van der Waals surface area contributed by atoms with E-state index in [9.17, 15) is 4.79 Å². The lowest BCUT2D eigenvalue weighted by atomic mass is 9.96. The van der Waals surface area contributed by atoms with Gasteiger partial charge in [-0.2, -0.15) is 0 Å². The number of aryl methyl sites for hydroxylation is 1. The fourth-order valence-electron chi connectivity index (χ4n) is 3.39. The largest absolute Gasteiger partial charge is 0.482 e. The molecule has 1 aliphatic heterocycles. The smallest absolute Gasteiger partial charge is 0.341 e. The predicted molar refractivity (Wildman–Crippen MR) is 99.5 cm³/mol. The van der Waals surface area contributed by atoms with Gasteiger partial charge in [-0.1, -0.05) is 11.6 Å². The number of carbonyl (C=O) groups is 1. The number of nitrogens with zero attached hydrogens (tertiary/aromatic N) is 3. The Bertz CT molecular complexity index is 754. The quantitative estimate of drug-likeness (QED) is 0.802. The van der Waals surface area contributed by atoms with Crippen LogP contribution in [0.2, 0.25) is 5.02 Å². The lowest BCUT2D eigenvalue weighted by Gasteiger charge is -2.32. The van der Waals surface area contributed by atoms with Crippen LogP contribution in [0.3, 0.4) is 0 Å². The van der Waals surface area contributed by atoms with E-state index >= 15 is 0 Å². The Morgan fingerprint density at radius 1 is 1.38 bits per heavy atom. The van der Waals surface area contributed by atoms with Crippen molar-refractivity contribution in [2.75, 3.05) is 19.7 Å². The number of imidazole rings is 1. The van der Waals surface area contributed by atoms with Crippen molar-refractivity contribution < 1.29 is 14.6 Å². The average molecular weight is 378 g/mol. The Kier molecular flexibility index (Phi) is 6.16. The van der Waals surface area contributed by atoms with Gasteiger partial charge < -0.3 is 14.4 Å². The number of halogens is 1. The van der Waals surface area contributed by atoms with Crippen molar-refractivity contribution in [3.8, 4) is 5.75 Å². The minimum atomic E-state index is -0.985. The molecular weight excluding hydrogens is 354 g/mol. The van der Waals surface area contributed by atoms with Gasteiger partial charge in [-0.3, -0.25) is 4.90 Å². The molecule has 0 saturated carbocycles. The van der Waals surface area contributed by atoms with Crippen molar-refractivity contribution in [3.05, 3.63) is 47.0 Å². The van der Waals surface area contributed by atoms with E-state index in [1.807, 2.05) is 25.4 Å². The van der Waals surface area contributed by atoms with Gasteiger partial charge >= 0.3 is 5.97 Å². The second-order valence-electron chi connectivity index (χ2n) is 6.78. The van der Waals surface area contributed by atoms with Crippen LogP contribution in [0.4, 0.5) is 0 Å². The van der Waals surface area contributed by atoms with Crippen LogP contribution >= 0.6 is 11.6 Å². The monoisotopic (exact) mass is 377 g/mol. The lowest BCUT2D eigenvalue weighted by Crippen LogP contribution is -2.34. The third-order valence-electron chi connectivity index (χ3n) is 4.85. The Hall–Kier alpha value is -2.05. The number of ether oxygens (including phenoxy) is 1. The molecular formula is C19H24ClN3O3. The zero-order chi connectivity index (χ0) is 18.5. The van der Waals surface area contributed by atoms with Crippen molar-refractivity contribution in [1.82, 2.24) is 14.5 Å². The number of aliphatic carboxylic acids is 1. The molecule has 1 N–H and O–H groups in total. The Morgan fingerprint density at radius 3 is 2.81 bits per heavy atom. The number of likely N-dealkylation sites (tertiary alicyclic amines) is 1. The maximum Gasteiger partial charge on any atom is 0.341 e. The molecule has 26 heavy (non-hydrogen) atoms. The van der Waals surface area contributed by atoms with Gasteiger partial charge in [0.2, 0.25) is 0 Å². The summed E-state index contributed by atoms with van der Waals surface area (Å²) in [5, 5.41) is 9.46. The predicted octanol–water partition coefficient (Wildman–Crippen LogP) is 3.22. The molecule has 3 rings (SSSR count). The molecule has 0 spiro atoms. The summed E-state index contributed by atoms with van der Waals surface area (Å²) in [6.45, 7) is 5.43. The summed E-state index contributed by atoms with van der Waals surface area (Å²) in [5.41, 5.74) is 0.933. The highest BCUT2D eigenvalue weighted by Crippen LogP contribution is 2.27. The SMILES string of the molecule is Cc1nccn1CC1CCN(Cc2cc(Cl)ccc2OCC(=O)O)CC1. The molecule has 7 heteroatoms. The van der Waals surface area contributed by atoms with Crippen LogP contribution in [0.25, 0.3) is 0 Å². The molecule has 6 nitrogen and oxygen atoms in total. The number of carboxylic acids is 1. The molecule has 0 unspecified atom stereocenters. The number of aromatic nitrogens is 2. The maximum atomic E-state index is 10.8. The topological polar surface area (TPSA) is 67.6 Å². The highest BCUT2D eigenvalue weighted by Gasteiger charge is 2.21. The first kappa shape index (κ1) is 18.7. The standard InChI is InChI=1S/C19H24ClN3O3/c1-14-21-6-9-23(14)11-15-4-7-22(8-5-15)12-16-10-17(20)2-3-18(16)26-13-19(24)25/h2-3,6,9-10,15H,4-5,7-8,11-13H2,1H3,(H,24,25). The average Bonchev–Trinajstić information content (AvgIpc) is 3.00. The zero-order valence-electron chi connectivity index (χ0n) is 14.9. The maximum absolute atomic E-state index is 10.8. The van der Waals surface area contributed by atoms with Gasteiger partial charge in [0.05, 0.1) is 0 Å².